The minimum Gasteiger partial charge on any atom is -0.466 e. The Morgan fingerprint density at radius 2 is 1.80 bits per heavy atom. The monoisotopic (exact) mass is 479 g/mol. The van der Waals surface area contributed by atoms with Gasteiger partial charge in [0.1, 0.15) is 0 Å². The molecule has 2 fully saturated rings. The maximum atomic E-state index is 9.82. The predicted octanol–water partition coefficient (Wildman–Crippen LogP) is 4.94. The Labute approximate surface area is 206 Å². The molecule has 9 nitrogen and oxygen atoms in total. The highest BCUT2D eigenvalue weighted by atomic mass is 16.5. The Kier molecular flexibility index (Phi) is 8.52. The molecule has 0 bridgehead atoms. The summed E-state index contributed by atoms with van der Waals surface area (Å²) in [6.45, 7) is 3.65. The van der Waals surface area contributed by atoms with Crippen LogP contribution in [-0.2, 0) is 9.53 Å². The molecule has 1 aromatic carbocycles. The zero-order valence-corrected chi connectivity index (χ0v) is 20.7. The Bertz CT molecular complexity index is 1090. The third-order valence-electron chi connectivity index (χ3n) is 6.63. The molecule has 0 spiro atoms. The summed E-state index contributed by atoms with van der Waals surface area (Å²) in [5.74, 6) is 1.22. The number of aromatic nitrogens is 4. The summed E-state index contributed by atoms with van der Waals surface area (Å²) in [5.41, 5.74) is 8.82. The van der Waals surface area contributed by atoms with E-state index in [0.29, 0.717) is 30.7 Å². The molecule has 2 heterocycles. The molecule has 2 aliphatic carbocycles. The van der Waals surface area contributed by atoms with Gasteiger partial charge in [-0.3, -0.25) is 4.79 Å². The van der Waals surface area contributed by atoms with Crippen molar-refractivity contribution in [3.8, 4) is 0 Å². The van der Waals surface area contributed by atoms with Crippen molar-refractivity contribution in [2.24, 2.45) is 5.73 Å². The highest BCUT2D eigenvalue weighted by Crippen LogP contribution is 2.34. The highest BCUT2D eigenvalue weighted by molar-refractivity contribution is 5.86. The molecule has 0 unspecified atom stereocenters. The second-order valence-electron chi connectivity index (χ2n) is 9.33. The van der Waals surface area contributed by atoms with Crippen molar-refractivity contribution in [1.82, 2.24) is 19.5 Å². The number of carbonyl (C=O) groups is 1. The average Bonchev–Trinajstić information content (AvgIpc) is 3.52. The van der Waals surface area contributed by atoms with E-state index in [1.165, 1.54) is 32.6 Å². The molecule has 188 valence electrons. The van der Waals surface area contributed by atoms with Crippen LogP contribution in [-0.4, -0.2) is 44.2 Å². The smallest absolute Gasteiger partial charge is 0.302 e. The second-order valence-corrected chi connectivity index (χ2v) is 9.33. The van der Waals surface area contributed by atoms with Gasteiger partial charge in [0.05, 0.1) is 12.9 Å². The lowest BCUT2D eigenvalue weighted by Crippen LogP contribution is -2.33. The van der Waals surface area contributed by atoms with Gasteiger partial charge < -0.3 is 25.7 Å². The van der Waals surface area contributed by atoms with Crippen LogP contribution in [0.15, 0.2) is 36.7 Å². The number of hydrogen-bond donors (Lipinski definition) is 3. The first kappa shape index (κ1) is 24.9. The molecule has 0 atom stereocenters. The van der Waals surface area contributed by atoms with Crippen molar-refractivity contribution in [2.45, 2.75) is 83.3 Å². The van der Waals surface area contributed by atoms with Gasteiger partial charge in [-0.15, -0.1) is 0 Å². The van der Waals surface area contributed by atoms with Crippen LogP contribution < -0.4 is 16.4 Å². The maximum Gasteiger partial charge on any atom is 0.302 e. The van der Waals surface area contributed by atoms with Gasteiger partial charge >= 0.3 is 5.97 Å². The number of ether oxygens (including phenoxy) is 1. The highest BCUT2D eigenvalue weighted by Gasteiger charge is 2.23. The fourth-order valence-electron chi connectivity index (χ4n) is 4.83. The van der Waals surface area contributed by atoms with E-state index in [1.54, 1.807) is 6.92 Å². The number of nitrogens with one attached hydrogen (secondary N) is 2. The van der Waals surface area contributed by atoms with Crippen molar-refractivity contribution < 1.29 is 9.53 Å². The molecule has 2 aromatic heterocycles. The molecule has 0 aliphatic heterocycles. The largest absolute Gasteiger partial charge is 0.466 e. The van der Waals surface area contributed by atoms with Crippen LogP contribution in [0.4, 0.5) is 17.5 Å². The first-order chi connectivity index (χ1) is 17.0. The molecule has 2 aliphatic rings. The molecule has 0 amide bonds. The minimum atomic E-state index is -0.211. The summed E-state index contributed by atoms with van der Waals surface area (Å²) in [6.07, 6.45) is 11.1. The first-order valence-electron chi connectivity index (χ1n) is 12.8. The van der Waals surface area contributed by atoms with Crippen molar-refractivity contribution in [3.05, 3.63) is 36.7 Å². The minimum absolute atomic E-state index is 0.211. The lowest BCUT2D eigenvalue weighted by Gasteiger charge is -2.27. The van der Waals surface area contributed by atoms with E-state index < -0.39 is 0 Å². The SMILES string of the molecule is CCOC(C)=O.NC1CCC(Nc2nc(Nc3ccccc3)c3ncn(C4CCCC4)c3n2)CC1. The first-order valence-corrected chi connectivity index (χ1v) is 12.8. The molecule has 0 saturated heterocycles. The molecule has 3 aromatic rings. The molecule has 35 heavy (non-hydrogen) atoms. The van der Waals surface area contributed by atoms with Crippen LogP contribution in [0.2, 0.25) is 0 Å². The fourth-order valence-corrected chi connectivity index (χ4v) is 4.83. The summed E-state index contributed by atoms with van der Waals surface area (Å²) in [6, 6.07) is 11.3. The molecule has 0 radical (unpaired) electrons. The van der Waals surface area contributed by atoms with Crippen molar-refractivity contribution in [1.29, 1.82) is 0 Å². The van der Waals surface area contributed by atoms with Crippen LogP contribution >= 0.6 is 0 Å². The van der Waals surface area contributed by atoms with Gasteiger partial charge in [0.25, 0.3) is 0 Å². The number of hydrogen-bond acceptors (Lipinski definition) is 8. The van der Waals surface area contributed by atoms with Gasteiger partial charge in [0.15, 0.2) is 17.0 Å². The fraction of sp³-hybridized carbons (Fsp3) is 0.538. The standard InChI is InChI=1S/C22H29N7.C4H8O2/c23-15-10-12-17(13-11-15)26-22-27-20(25-16-6-2-1-3-7-16)19-21(28-22)29(14-24-19)18-8-4-5-9-18;1-3-6-4(2)5/h1-3,6-7,14-15,17-18H,4-5,8-13,23H2,(H2,25,26,27,28);3H2,1-2H3. The second kappa shape index (κ2) is 12.0. The van der Waals surface area contributed by atoms with Crippen LogP contribution in [0.25, 0.3) is 11.2 Å². The summed E-state index contributed by atoms with van der Waals surface area (Å²) in [7, 11) is 0. The topological polar surface area (TPSA) is 120 Å². The van der Waals surface area contributed by atoms with E-state index in [4.69, 9.17) is 15.7 Å². The third kappa shape index (κ3) is 6.69. The Morgan fingerprint density at radius 1 is 1.09 bits per heavy atom. The number of anilines is 3. The number of nitrogens with two attached hydrogens (primary N) is 1. The van der Waals surface area contributed by atoms with Gasteiger partial charge in [-0.1, -0.05) is 31.0 Å². The van der Waals surface area contributed by atoms with E-state index in [9.17, 15) is 4.79 Å². The van der Waals surface area contributed by atoms with Crippen molar-refractivity contribution >= 4 is 34.6 Å². The number of nitrogens with zero attached hydrogens (tertiary/aromatic N) is 4. The number of benzene rings is 1. The molecule has 9 heteroatoms. The molecular formula is C26H37N7O2. The summed E-state index contributed by atoms with van der Waals surface area (Å²) >= 11 is 0. The van der Waals surface area contributed by atoms with Gasteiger partial charge in [-0.2, -0.15) is 9.97 Å². The zero-order valence-electron chi connectivity index (χ0n) is 20.7. The maximum absolute atomic E-state index is 9.82. The van der Waals surface area contributed by atoms with Crippen LogP contribution in [0.5, 0.6) is 0 Å². The van der Waals surface area contributed by atoms with E-state index >= 15 is 0 Å². The van der Waals surface area contributed by atoms with Crippen LogP contribution in [0.3, 0.4) is 0 Å². The molecule has 5 rings (SSSR count). The Morgan fingerprint density at radius 3 is 2.43 bits per heavy atom. The third-order valence-corrected chi connectivity index (χ3v) is 6.63. The number of imidazole rings is 1. The molecule has 4 N–H and O–H groups in total. The number of esters is 1. The molecular weight excluding hydrogens is 442 g/mol. The van der Waals surface area contributed by atoms with Crippen molar-refractivity contribution in [2.75, 3.05) is 17.2 Å². The van der Waals surface area contributed by atoms with E-state index in [2.05, 4.69) is 24.9 Å². The van der Waals surface area contributed by atoms with Gasteiger partial charge in [-0.05, 0) is 57.6 Å². The van der Waals surface area contributed by atoms with Gasteiger partial charge in [-0.25, -0.2) is 4.98 Å². The summed E-state index contributed by atoms with van der Waals surface area (Å²) in [5, 5.41) is 7.02. The van der Waals surface area contributed by atoms with E-state index in [-0.39, 0.29) is 5.97 Å². The average molecular weight is 480 g/mol. The Hall–Kier alpha value is -3.20. The summed E-state index contributed by atoms with van der Waals surface area (Å²) < 4.78 is 6.65. The lowest BCUT2D eigenvalue weighted by molar-refractivity contribution is -0.140. The number of rotatable bonds is 6. The molecule has 2 saturated carbocycles. The van der Waals surface area contributed by atoms with Crippen LogP contribution in [0.1, 0.15) is 71.3 Å². The normalized spacial score (nSPS) is 20.2. The zero-order chi connectivity index (χ0) is 24.6. The number of para-hydroxylation sites is 1. The van der Waals surface area contributed by atoms with Crippen molar-refractivity contribution in [3.63, 3.8) is 0 Å². The van der Waals surface area contributed by atoms with E-state index in [0.717, 1.165) is 48.4 Å². The Balaban J connectivity index is 0.000000431. The lowest BCUT2D eigenvalue weighted by atomic mass is 9.92. The van der Waals surface area contributed by atoms with Gasteiger partial charge in [0, 0.05) is 30.7 Å². The van der Waals surface area contributed by atoms with Gasteiger partial charge in [0.2, 0.25) is 5.95 Å². The summed E-state index contributed by atoms with van der Waals surface area (Å²) in [4.78, 5) is 24.2. The van der Waals surface area contributed by atoms with E-state index in [1.807, 2.05) is 36.7 Å². The predicted molar refractivity (Wildman–Crippen MR) is 139 cm³/mol. The van der Waals surface area contributed by atoms with Crippen LogP contribution in [0, 0.1) is 0 Å². The number of fused-ring (bicyclic) bond motifs is 1. The number of carbonyl (C=O) groups excluding carboxylic acids is 1. The quantitative estimate of drug-likeness (QED) is 0.425.